The molecule has 5 heteroatoms. The van der Waals surface area contributed by atoms with Crippen LogP contribution >= 0.6 is 12.2 Å². The zero-order valence-electron chi connectivity index (χ0n) is 14.7. The minimum atomic E-state index is 0.321. The fraction of sp³-hybridized carbons (Fsp3) is 0.889. The number of ether oxygens (including phenoxy) is 1. The largest absolute Gasteiger partial charge is 0.376 e. The summed E-state index contributed by atoms with van der Waals surface area (Å²) in [5, 5.41) is 7.37. The fourth-order valence-electron chi connectivity index (χ4n) is 3.32. The van der Waals surface area contributed by atoms with Crippen molar-refractivity contribution in [3.8, 4) is 0 Å². The number of hydrogen-bond donors (Lipinski definition) is 1. The van der Waals surface area contributed by atoms with E-state index in [2.05, 4.69) is 21.7 Å². The average Bonchev–Trinajstić information content (AvgIpc) is 3.18. The van der Waals surface area contributed by atoms with Crippen molar-refractivity contribution in [2.45, 2.75) is 96.6 Å². The third kappa shape index (κ3) is 6.76. The van der Waals surface area contributed by atoms with E-state index >= 15 is 0 Å². The second-order valence-corrected chi connectivity index (χ2v) is 7.16. The van der Waals surface area contributed by atoms with Crippen LogP contribution in [0.3, 0.4) is 0 Å². The van der Waals surface area contributed by atoms with Crippen LogP contribution in [0.1, 0.15) is 83.4 Å². The highest BCUT2D eigenvalue weighted by Crippen LogP contribution is 2.16. The van der Waals surface area contributed by atoms with Gasteiger partial charge in [0.05, 0.1) is 12.6 Å². The molecule has 23 heavy (non-hydrogen) atoms. The summed E-state index contributed by atoms with van der Waals surface area (Å²) in [4.78, 5) is 0. The minimum Gasteiger partial charge on any atom is -0.376 e. The molecule has 0 bridgehead atoms. The Morgan fingerprint density at radius 1 is 1.13 bits per heavy atom. The predicted octanol–water partition coefficient (Wildman–Crippen LogP) is 5.19. The first-order valence-corrected chi connectivity index (χ1v) is 9.97. The van der Waals surface area contributed by atoms with Crippen LogP contribution < -0.4 is 0 Å². The Morgan fingerprint density at radius 3 is 2.48 bits per heavy atom. The summed E-state index contributed by atoms with van der Waals surface area (Å²) < 4.78 is 8.62. The molecule has 1 aliphatic heterocycles. The van der Waals surface area contributed by atoms with Crippen LogP contribution in [-0.4, -0.2) is 27.5 Å². The van der Waals surface area contributed by atoms with Crippen molar-refractivity contribution >= 4 is 12.2 Å². The molecule has 0 amide bonds. The Hall–Kier alpha value is -0.680. The molecule has 2 heterocycles. The second-order valence-electron chi connectivity index (χ2n) is 6.77. The molecule has 1 aromatic heterocycles. The summed E-state index contributed by atoms with van der Waals surface area (Å²) in [6, 6.07) is 0. The molecule has 0 saturated carbocycles. The standard InChI is InChI=1S/C18H33N3OS/c1-2-3-4-5-6-7-8-9-10-13-17-19-20-18(23)21(17)15-16-12-11-14-22-16/h16H,2-15H2,1H3,(H,20,23)/t16-/m0/s1. The maximum atomic E-state index is 5.73. The molecule has 1 saturated heterocycles. The van der Waals surface area contributed by atoms with E-state index in [4.69, 9.17) is 17.0 Å². The molecule has 1 fully saturated rings. The highest BCUT2D eigenvalue weighted by molar-refractivity contribution is 7.71. The fourth-order valence-corrected chi connectivity index (χ4v) is 3.54. The van der Waals surface area contributed by atoms with Crippen LogP contribution in [0.5, 0.6) is 0 Å². The number of aromatic nitrogens is 3. The Morgan fingerprint density at radius 2 is 1.83 bits per heavy atom. The number of hydrogen-bond acceptors (Lipinski definition) is 3. The lowest BCUT2D eigenvalue weighted by atomic mass is 10.1. The molecular formula is C18H33N3OS. The van der Waals surface area contributed by atoms with Gasteiger partial charge in [-0.2, -0.15) is 5.10 Å². The van der Waals surface area contributed by atoms with Gasteiger partial charge in [0.25, 0.3) is 0 Å². The first-order valence-electron chi connectivity index (χ1n) is 9.57. The smallest absolute Gasteiger partial charge is 0.195 e. The highest BCUT2D eigenvalue weighted by atomic mass is 32.1. The normalized spacial score (nSPS) is 17.9. The molecule has 4 nitrogen and oxygen atoms in total. The minimum absolute atomic E-state index is 0.321. The number of nitrogens with one attached hydrogen (secondary N) is 1. The maximum absolute atomic E-state index is 5.73. The summed E-state index contributed by atoms with van der Waals surface area (Å²) >= 11 is 5.37. The van der Waals surface area contributed by atoms with Crippen molar-refractivity contribution in [2.24, 2.45) is 0 Å². The number of aromatic amines is 1. The van der Waals surface area contributed by atoms with Crippen LogP contribution in [0, 0.1) is 4.77 Å². The van der Waals surface area contributed by atoms with Crippen molar-refractivity contribution in [3.63, 3.8) is 0 Å². The van der Waals surface area contributed by atoms with E-state index in [-0.39, 0.29) is 0 Å². The SMILES string of the molecule is CCCCCCCCCCCc1n[nH]c(=S)n1C[C@@H]1CCCO1. The Labute approximate surface area is 146 Å². The lowest BCUT2D eigenvalue weighted by Crippen LogP contribution is -2.17. The molecule has 132 valence electrons. The van der Waals surface area contributed by atoms with E-state index in [1.54, 1.807) is 0 Å². The van der Waals surface area contributed by atoms with Gasteiger partial charge in [0.1, 0.15) is 5.82 Å². The van der Waals surface area contributed by atoms with Crippen LogP contribution in [0.2, 0.25) is 0 Å². The van der Waals surface area contributed by atoms with E-state index in [0.29, 0.717) is 6.10 Å². The zero-order valence-corrected chi connectivity index (χ0v) is 15.5. The van der Waals surface area contributed by atoms with Crippen molar-refractivity contribution in [1.82, 2.24) is 14.8 Å². The number of nitrogens with zero attached hydrogens (tertiary/aromatic N) is 2. The van der Waals surface area contributed by atoms with Gasteiger partial charge in [0, 0.05) is 13.0 Å². The third-order valence-corrected chi connectivity index (χ3v) is 5.06. The van der Waals surface area contributed by atoms with E-state index in [0.717, 1.165) is 36.6 Å². The van der Waals surface area contributed by atoms with Crippen molar-refractivity contribution in [2.75, 3.05) is 6.61 Å². The molecule has 1 N–H and O–H groups in total. The van der Waals surface area contributed by atoms with Gasteiger partial charge in [-0.15, -0.1) is 0 Å². The first-order chi connectivity index (χ1) is 11.3. The molecule has 2 rings (SSSR count). The quantitative estimate of drug-likeness (QED) is 0.421. The Bertz CT molecular complexity index is 477. The van der Waals surface area contributed by atoms with Crippen molar-refractivity contribution in [3.05, 3.63) is 10.6 Å². The van der Waals surface area contributed by atoms with Gasteiger partial charge in [-0.25, -0.2) is 0 Å². The zero-order chi connectivity index (χ0) is 16.3. The maximum Gasteiger partial charge on any atom is 0.195 e. The van der Waals surface area contributed by atoms with Crippen LogP contribution in [0.4, 0.5) is 0 Å². The second kappa shape index (κ2) is 11.0. The number of unbranched alkanes of at least 4 members (excludes halogenated alkanes) is 8. The molecule has 0 aliphatic carbocycles. The summed E-state index contributed by atoms with van der Waals surface area (Å²) in [6.07, 6.45) is 15.8. The number of rotatable bonds is 12. The number of H-pyrrole nitrogens is 1. The van der Waals surface area contributed by atoms with E-state index in [1.165, 1.54) is 64.2 Å². The van der Waals surface area contributed by atoms with Crippen LogP contribution in [0.15, 0.2) is 0 Å². The summed E-state index contributed by atoms with van der Waals surface area (Å²) in [5.41, 5.74) is 0. The monoisotopic (exact) mass is 339 g/mol. The topological polar surface area (TPSA) is 42.8 Å². The summed E-state index contributed by atoms with van der Waals surface area (Å²) in [5.74, 6) is 1.11. The van der Waals surface area contributed by atoms with Gasteiger partial charge in [0.2, 0.25) is 0 Å². The molecule has 0 spiro atoms. The van der Waals surface area contributed by atoms with E-state index in [9.17, 15) is 0 Å². The molecule has 0 unspecified atom stereocenters. The Kier molecular flexibility index (Phi) is 8.90. The van der Waals surface area contributed by atoms with E-state index < -0.39 is 0 Å². The van der Waals surface area contributed by atoms with Crippen molar-refractivity contribution in [1.29, 1.82) is 0 Å². The lowest BCUT2D eigenvalue weighted by Gasteiger charge is -2.12. The molecule has 0 aromatic carbocycles. The Balaban J connectivity index is 1.61. The molecule has 1 atom stereocenters. The summed E-state index contributed by atoms with van der Waals surface area (Å²) in [7, 11) is 0. The van der Waals surface area contributed by atoms with Crippen molar-refractivity contribution < 1.29 is 4.74 Å². The average molecular weight is 340 g/mol. The van der Waals surface area contributed by atoms with Gasteiger partial charge in [-0.1, -0.05) is 58.3 Å². The number of aryl methyl sites for hydroxylation is 1. The van der Waals surface area contributed by atoms with Gasteiger partial charge in [-0.3, -0.25) is 5.10 Å². The lowest BCUT2D eigenvalue weighted by molar-refractivity contribution is 0.0958. The third-order valence-electron chi connectivity index (χ3n) is 4.75. The molecular weight excluding hydrogens is 306 g/mol. The van der Waals surface area contributed by atoms with E-state index in [1.807, 2.05) is 0 Å². The molecule has 1 aromatic rings. The highest BCUT2D eigenvalue weighted by Gasteiger charge is 2.18. The van der Waals surface area contributed by atoms with Gasteiger partial charge < -0.3 is 9.30 Å². The summed E-state index contributed by atoms with van der Waals surface area (Å²) in [6.45, 7) is 4.03. The van der Waals surface area contributed by atoms with Gasteiger partial charge in [-0.05, 0) is 31.5 Å². The predicted molar refractivity (Wildman–Crippen MR) is 97.3 cm³/mol. The van der Waals surface area contributed by atoms with Gasteiger partial charge in [0.15, 0.2) is 4.77 Å². The van der Waals surface area contributed by atoms with Gasteiger partial charge >= 0.3 is 0 Å². The first kappa shape index (κ1) is 18.7. The van der Waals surface area contributed by atoms with Crippen LogP contribution in [0.25, 0.3) is 0 Å². The van der Waals surface area contributed by atoms with Crippen LogP contribution in [-0.2, 0) is 17.7 Å². The molecule has 0 radical (unpaired) electrons. The molecule has 1 aliphatic rings.